The van der Waals surface area contributed by atoms with Gasteiger partial charge in [0.1, 0.15) is 6.10 Å². The van der Waals surface area contributed by atoms with Crippen LogP contribution in [0.15, 0.2) is 12.2 Å². The Bertz CT molecular complexity index is 279. The zero-order valence-electron chi connectivity index (χ0n) is 14.2. The summed E-state index contributed by atoms with van der Waals surface area (Å²) in [5, 5.41) is 0. The van der Waals surface area contributed by atoms with Crippen LogP contribution in [-0.2, 0) is 19.0 Å². The Hall–Kier alpha value is -0.870. The average molecular weight is 300 g/mol. The zero-order valence-corrected chi connectivity index (χ0v) is 14.2. The molecular weight excluding hydrogens is 268 g/mol. The van der Waals surface area contributed by atoms with Crippen molar-refractivity contribution < 1.29 is 19.0 Å². The number of esters is 1. The van der Waals surface area contributed by atoms with Gasteiger partial charge in [0, 0.05) is 25.2 Å². The molecule has 0 aliphatic carbocycles. The van der Waals surface area contributed by atoms with Crippen LogP contribution in [0.1, 0.15) is 66.2 Å². The minimum absolute atomic E-state index is 0.192. The number of carbonyl (C=O) groups is 1. The maximum absolute atomic E-state index is 11.6. The highest BCUT2D eigenvalue weighted by Gasteiger charge is 2.20. The Balaban J connectivity index is 4.35. The molecule has 0 aromatic rings. The highest BCUT2D eigenvalue weighted by atomic mass is 16.7. The summed E-state index contributed by atoms with van der Waals surface area (Å²) < 4.78 is 16.9. The molecule has 0 rings (SSSR count). The highest BCUT2D eigenvalue weighted by Crippen LogP contribution is 2.14. The van der Waals surface area contributed by atoms with Gasteiger partial charge in [-0.3, -0.25) is 0 Å². The molecule has 0 aliphatic rings. The third-order valence-electron chi connectivity index (χ3n) is 3.14. The molecule has 0 spiro atoms. The Morgan fingerprint density at radius 2 is 1.57 bits per heavy atom. The molecule has 0 N–H and O–H groups in total. The second kappa shape index (κ2) is 12.8. The number of unbranched alkanes of at least 4 members (excludes halogenated alkanes) is 2. The van der Waals surface area contributed by atoms with Crippen LogP contribution >= 0.6 is 0 Å². The van der Waals surface area contributed by atoms with E-state index in [0.29, 0.717) is 25.2 Å². The third-order valence-corrected chi connectivity index (χ3v) is 3.14. The van der Waals surface area contributed by atoms with Crippen LogP contribution in [-0.4, -0.2) is 31.6 Å². The first kappa shape index (κ1) is 20.1. The molecule has 0 saturated carbocycles. The summed E-state index contributed by atoms with van der Waals surface area (Å²) in [6.45, 7) is 12.9. The quantitative estimate of drug-likeness (QED) is 0.221. The van der Waals surface area contributed by atoms with Crippen LogP contribution in [0, 0.1) is 0 Å². The molecule has 0 fully saturated rings. The Morgan fingerprint density at radius 1 is 1.05 bits per heavy atom. The average Bonchev–Trinajstić information content (AvgIpc) is 2.46. The molecule has 0 amide bonds. The molecule has 0 aliphatic heterocycles. The zero-order chi connectivity index (χ0) is 16.1. The lowest BCUT2D eigenvalue weighted by molar-refractivity contribution is -0.170. The highest BCUT2D eigenvalue weighted by molar-refractivity contribution is 5.87. The van der Waals surface area contributed by atoms with Gasteiger partial charge >= 0.3 is 5.97 Å². The molecule has 0 saturated heterocycles. The summed E-state index contributed by atoms with van der Waals surface area (Å²) in [5.41, 5.74) is 0.420. The molecule has 0 aromatic carbocycles. The first-order chi connectivity index (χ1) is 10.0. The fourth-order valence-corrected chi connectivity index (χ4v) is 1.67. The second-order valence-electron chi connectivity index (χ2n) is 5.33. The van der Waals surface area contributed by atoms with Crippen molar-refractivity contribution in [1.82, 2.24) is 0 Å². The summed E-state index contributed by atoms with van der Waals surface area (Å²) >= 11 is 0. The predicted molar refractivity (Wildman–Crippen MR) is 85.1 cm³/mol. The van der Waals surface area contributed by atoms with Crippen LogP contribution in [0.2, 0.25) is 0 Å². The topological polar surface area (TPSA) is 44.8 Å². The van der Waals surface area contributed by atoms with Crippen molar-refractivity contribution in [2.45, 2.75) is 78.6 Å². The molecule has 0 radical (unpaired) electrons. The van der Waals surface area contributed by atoms with Gasteiger partial charge in [-0.25, -0.2) is 4.79 Å². The van der Waals surface area contributed by atoms with Crippen molar-refractivity contribution in [3.8, 4) is 0 Å². The van der Waals surface area contributed by atoms with Crippen LogP contribution < -0.4 is 0 Å². The van der Waals surface area contributed by atoms with Gasteiger partial charge < -0.3 is 14.2 Å². The van der Waals surface area contributed by atoms with Gasteiger partial charge in [0.25, 0.3) is 0 Å². The van der Waals surface area contributed by atoms with Gasteiger partial charge in [-0.05, 0) is 26.2 Å². The molecule has 21 heavy (non-hydrogen) atoms. The normalized spacial score (nSPS) is 12.4. The summed E-state index contributed by atoms with van der Waals surface area (Å²) in [6.07, 6.45) is 5.01. The van der Waals surface area contributed by atoms with E-state index in [1.807, 2.05) is 6.92 Å². The van der Waals surface area contributed by atoms with E-state index in [1.165, 1.54) is 0 Å². The van der Waals surface area contributed by atoms with E-state index in [1.54, 1.807) is 6.92 Å². The Morgan fingerprint density at radius 3 is 1.95 bits per heavy atom. The van der Waals surface area contributed by atoms with Gasteiger partial charge in [-0.2, -0.15) is 0 Å². The van der Waals surface area contributed by atoms with Crippen LogP contribution in [0.5, 0.6) is 0 Å². The van der Waals surface area contributed by atoms with Gasteiger partial charge in [-0.1, -0.05) is 40.2 Å². The van der Waals surface area contributed by atoms with Crippen molar-refractivity contribution >= 4 is 5.97 Å². The van der Waals surface area contributed by atoms with E-state index in [-0.39, 0.29) is 18.4 Å². The van der Waals surface area contributed by atoms with Crippen molar-refractivity contribution in [3.05, 3.63) is 12.2 Å². The Kier molecular flexibility index (Phi) is 12.3. The summed E-state index contributed by atoms with van der Waals surface area (Å²) in [7, 11) is 0. The molecule has 124 valence electrons. The molecule has 4 nitrogen and oxygen atoms in total. The fraction of sp³-hybridized carbons (Fsp3) is 0.824. The summed E-state index contributed by atoms with van der Waals surface area (Å²) in [5.74, 6) is -0.345. The number of carbonyl (C=O) groups excluding carboxylic acids is 1. The van der Waals surface area contributed by atoms with Crippen molar-refractivity contribution in [2.75, 3.05) is 13.2 Å². The first-order valence-electron chi connectivity index (χ1n) is 8.14. The van der Waals surface area contributed by atoms with E-state index in [9.17, 15) is 4.79 Å². The number of hydrogen-bond donors (Lipinski definition) is 0. The van der Waals surface area contributed by atoms with Gasteiger partial charge in [0.05, 0.1) is 0 Å². The molecule has 1 atom stereocenters. The Labute approximate surface area is 129 Å². The number of ether oxygens (including phenoxy) is 3. The lowest BCUT2D eigenvalue weighted by Gasteiger charge is -2.23. The number of rotatable bonds is 13. The van der Waals surface area contributed by atoms with Crippen molar-refractivity contribution in [3.63, 3.8) is 0 Å². The second-order valence-corrected chi connectivity index (χ2v) is 5.33. The minimum Gasteiger partial charge on any atom is -0.459 e. The van der Waals surface area contributed by atoms with E-state index in [4.69, 9.17) is 14.2 Å². The predicted octanol–water partition coefficient (Wildman–Crippen LogP) is 4.23. The monoisotopic (exact) mass is 300 g/mol. The van der Waals surface area contributed by atoms with E-state index >= 15 is 0 Å². The van der Waals surface area contributed by atoms with E-state index in [0.717, 1.165) is 32.1 Å². The van der Waals surface area contributed by atoms with Crippen LogP contribution in [0.4, 0.5) is 0 Å². The first-order valence-corrected chi connectivity index (χ1v) is 8.14. The summed E-state index contributed by atoms with van der Waals surface area (Å²) in [6, 6.07) is 0. The summed E-state index contributed by atoms with van der Waals surface area (Å²) in [4.78, 5) is 11.6. The van der Waals surface area contributed by atoms with Crippen LogP contribution in [0.25, 0.3) is 0 Å². The van der Waals surface area contributed by atoms with Gasteiger partial charge in [-0.15, -0.1) is 0 Å². The lowest BCUT2D eigenvalue weighted by Crippen LogP contribution is -2.28. The van der Waals surface area contributed by atoms with Gasteiger partial charge in [0.15, 0.2) is 6.29 Å². The van der Waals surface area contributed by atoms with Crippen molar-refractivity contribution in [2.24, 2.45) is 0 Å². The maximum Gasteiger partial charge on any atom is 0.333 e. The molecule has 0 heterocycles. The fourth-order valence-electron chi connectivity index (χ4n) is 1.67. The lowest BCUT2D eigenvalue weighted by atomic mass is 10.2. The standard InChI is InChI=1S/C17H32O4/c1-6-9-11-19-16(20-12-10-7-2)13-15(8-3)21-17(18)14(4)5/h15-16H,4,6-13H2,1-3,5H3. The molecule has 4 heteroatoms. The maximum atomic E-state index is 11.6. The molecule has 0 aromatic heterocycles. The van der Waals surface area contributed by atoms with Crippen molar-refractivity contribution in [1.29, 1.82) is 0 Å². The minimum atomic E-state index is -0.345. The SMILES string of the molecule is C=C(C)C(=O)OC(CC)CC(OCCCC)OCCCC. The third kappa shape index (κ3) is 10.5. The van der Waals surface area contributed by atoms with Gasteiger partial charge in [0.2, 0.25) is 0 Å². The van der Waals surface area contributed by atoms with Crippen LogP contribution in [0.3, 0.4) is 0 Å². The molecular formula is C17H32O4. The smallest absolute Gasteiger partial charge is 0.333 e. The molecule has 0 bridgehead atoms. The number of hydrogen-bond acceptors (Lipinski definition) is 4. The van der Waals surface area contributed by atoms with E-state index in [2.05, 4.69) is 20.4 Å². The van der Waals surface area contributed by atoms with E-state index < -0.39 is 0 Å². The molecule has 1 unspecified atom stereocenters. The largest absolute Gasteiger partial charge is 0.459 e.